The summed E-state index contributed by atoms with van der Waals surface area (Å²) in [6, 6.07) is 8.77. The molecule has 332 valence electrons. The normalized spacial score (nSPS) is 22.0. The van der Waals surface area contributed by atoms with Crippen LogP contribution in [0.25, 0.3) is 22.3 Å². The van der Waals surface area contributed by atoms with Crippen molar-refractivity contribution in [2.24, 2.45) is 5.92 Å². The van der Waals surface area contributed by atoms with E-state index in [4.69, 9.17) is 0 Å². The van der Waals surface area contributed by atoms with E-state index in [0.717, 1.165) is 74.6 Å². The third-order valence-electron chi connectivity index (χ3n) is 13.6. The number of carbonyl (C=O) groups excluding carboxylic acids is 4. The van der Waals surface area contributed by atoms with Gasteiger partial charge in [-0.2, -0.15) is 0 Å². The maximum absolute atomic E-state index is 15.7. The van der Waals surface area contributed by atoms with Crippen LogP contribution in [0.15, 0.2) is 48.8 Å². The zero-order chi connectivity index (χ0) is 44.6. The van der Waals surface area contributed by atoms with Crippen LogP contribution in [0.5, 0.6) is 0 Å². The van der Waals surface area contributed by atoms with Gasteiger partial charge in [0.25, 0.3) is 11.8 Å². The van der Waals surface area contributed by atoms with Crippen molar-refractivity contribution in [3.63, 3.8) is 0 Å². The quantitative estimate of drug-likeness (QED) is 0.160. The van der Waals surface area contributed by atoms with Gasteiger partial charge in [-0.05, 0) is 108 Å². The molecule has 5 aliphatic rings. The van der Waals surface area contributed by atoms with Crippen LogP contribution in [0.3, 0.4) is 0 Å². The fraction of sp³-hybridized carbons (Fsp3) is 0.435. The minimum atomic E-state index is -1.11. The molecular weight excluding hydrogens is 828 g/mol. The van der Waals surface area contributed by atoms with Crippen LogP contribution in [0, 0.1) is 30.3 Å². The van der Waals surface area contributed by atoms with E-state index in [1.54, 1.807) is 12.3 Å². The van der Waals surface area contributed by atoms with Crippen molar-refractivity contribution in [1.82, 2.24) is 44.5 Å². The fourth-order valence-electron chi connectivity index (χ4n) is 10.5. The van der Waals surface area contributed by atoms with E-state index in [9.17, 15) is 19.2 Å². The third kappa shape index (κ3) is 7.55. The number of anilines is 3. The number of pyridine rings is 1. The van der Waals surface area contributed by atoms with Gasteiger partial charge < -0.3 is 14.8 Å². The molecule has 0 spiro atoms. The van der Waals surface area contributed by atoms with Gasteiger partial charge in [0.15, 0.2) is 11.6 Å². The Bertz CT molecular complexity index is 2710. The molecule has 15 nitrogen and oxygen atoms in total. The smallest absolute Gasteiger partial charge is 0.262 e. The minimum absolute atomic E-state index is 0.0140. The summed E-state index contributed by atoms with van der Waals surface area (Å²) < 4.78 is 47.9. The summed E-state index contributed by atoms with van der Waals surface area (Å²) in [4.78, 5) is 76.2. The second-order valence-electron chi connectivity index (χ2n) is 18.0. The average molecular weight is 876 g/mol. The number of piperazine rings is 1. The molecule has 0 aliphatic carbocycles. The van der Waals surface area contributed by atoms with Crippen molar-refractivity contribution in [1.29, 1.82) is 0 Å². The highest BCUT2D eigenvalue weighted by Gasteiger charge is 2.47. The summed E-state index contributed by atoms with van der Waals surface area (Å²) >= 11 is 0. The molecule has 8 heterocycles. The van der Waals surface area contributed by atoms with Gasteiger partial charge in [-0.3, -0.25) is 39.2 Å². The number of piperidine rings is 2. The number of imide groups is 2. The van der Waals surface area contributed by atoms with Crippen molar-refractivity contribution in [2.45, 2.75) is 90.0 Å². The molecule has 5 aromatic rings. The Balaban J connectivity index is 0.726. The number of nitrogens with zero attached hydrogens (tertiary/aromatic N) is 9. The Labute approximate surface area is 367 Å². The summed E-state index contributed by atoms with van der Waals surface area (Å²) in [6.07, 6.45) is 7.02. The van der Waals surface area contributed by atoms with Crippen LogP contribution >= 0.6 is 0 Å². The molecule has 0 radical (unpaired) electrons. The van der Waals surface area contributed by atoms with Crippen LogP contribution in [0.1, 0.15) is 90.5 Å². The summed E-state index contributed by atoms with van der Waals surface area (Å²) in [5, 5.41) is 5.25. The van der Waals surface area contributed by atoms with Crippen LogP contribution < -0.4 is 15.5 Å². The molecule has 2 aromatic carbocycles. The van der Waals surface area contributed by atoms with Crippen molar-refractivity contribution in [3.8, 4) is 11.3 Å². The minimum Gasteiger partial charge on any atom is -0.366 e. The molecule has 3 atom stereocenters. The van der Waals surface area contributed by atoms with E-state index in [2.05, 4.69) is 40.4 Å². The summed E-state index contributed by atoms with van der Waals surface area (Å²) in [6.45, 7) is 10.6. The first-order valence-corrected chi connectivity index (χ1v) is 22.0. The number of likely N-dealkylation sites (tertiary alicyclic amines) is 1. The molecule has 4 fully saturated rings. The predicted octanol–water partition coefficient (Wildman–Crippen LogP) is 5.90. The second-order valence-corrected chi connectivity index (χ2v) is 18.0. The van der Waals surface area contributed by atoms with Gasteiger partial charge in [0.05, 0.1) is 28.5 Å². The number of fused-ring (bicyclic) bond motifs is 4. The molecule has 3 unspecified atom stereocenters. The average Bonchev–Trinajstić information content (AvgIpc) is 3.81. The van der Waals surface area contributed by atoms with Crippen molar-refractivity contribution in [3.05, 3.63) is 88.8 Å². The zero-order valence-corrected chi connectivity index (χ0v) is 35.8. The van der Waals surface area contributed by atoms with Crippen LogP contribution in [0.2, 0.25) is 0 Å². The van der Waals surface area contributed by atoms with Gasteiger partial charge in [-0.25, -0.2) is 33.1 Å². The Morgan fingerprint density at radius 3 is 2.25 bits per heavy atom. The highest BCUT2D eigenvalue weighted by molar-refractivity contribution is 6.23. The Morgan fingerprint density at radius 2 is 1.56 bits per heavy atom. The maximum Gasteiger partial charge on any atom is 0.262 e. The van der Waals surface area contributed by atoms with Crippen LogP contribution in [-0.2, 0) is 16.1 Å². The third-order valence-corrected chi connectivity index (χ3v) is 13.6. The van der Waals surface area contributed by atoms with Gasteiger partial charge in [-0.15, -0.1) is 0 Å². The summed E-state index contributed by atoms with van der Waals surface area (Å²) in [5.41, 5.74) is 2.41. The van der Waals surface area contributed by atoms with E-state index in [-0.39, 0.29) is 64.8 Å². The topological polar surface area (TPSA) is 162 Å². The molecule has 0 saturated carbocycles. The van der Waals surface area contributed by atoms with Crippen molar-refractivity contribution in [2.75, 3.05) is 42.9 Å². The van der Waals surface area contributed by atoms with Crippen LogP contribution in [-0.4, -0.2) is 114 Å². The predicted molar refractivity (Wildman–Crippen MR) is 230 cm³/mol. The number of amides is 4. The number of hydrogen-bond donors (Lipinski definition) is 2. The lowest BCUT2D eigenvalue weighted by molar-refractivity contribution is -0.136. The number of imidazole rings is 1. The Morgan fingerprint density at radius 1 is 0.828 bits per heavy atom. The zero-order valence-electron chi connectivity index (χ0n) is 35.8. The number of nitrogens with one attached hydrogen (secondary N) is 2. The number of rotatable bonds is 10. The lowest BCUT2D eigenvalue weighted by Crippen LogP contribution is -2.55. The first kappa shape index (κ1) is 41.7. The first-order chi connectivity index (χ1) is 30.8. The van der Waals surface area contributed by atoms with Gasteiger partial charge in [0, 0.05) is 62.5 Å². The molecule has 4 saturated heterocycles. The highest BCUT2D eigenvalue weighted by atomic mass is 19.1. The van der Waals surface area contributed by atoms with Crippen LogP contribution in [0.4, 0.5) is 30.6 Å². The number of aromatic nitrogens is 5. The molecule has 3 aromatic heterocycles. The number of benzene rings is 2. The lowest BCUT2D eigenvalue weighted by Gasteiger charge is -2.44. The van der Waals surface area contributed by atoms with E-state index in [1.807, 2.05) is 42.4 Å². The van der Waals surface area contributed by atoms with Gasteiger partial charge in [0.1, 0.15) is 34.7 Å². The molecule has 2 N–H and O–H groups in total. The first-order valence-electron chi connectivity index (χ1n) is 22.0. The monoisotopic (exact) mass is 875 g/mol. The Hall–Kier alpha value is -6.27. The van der Waals surface area contributed by atoms with E-state index in [0.29, 0.717) is 41.9 Å². The fourth-order valence-corrected chi connectivity index (χ4v) is 10.5. The molecule has 18 heteroatoms. The van der Waals surface area contributed by atoms with E-state index < -0.39 is 47.1 Å². The van der Waals surface area contributed by atoms with Crippen molar-refractivity contribution >= 4 is 52.1 Å². The standard InChI is InChI=1S/C46H48F3N11O4/c1-24(2)59-25(3)52-42-34(48)14-28(15-38(42)59)41-35(49)19-51-46(55-41)53-39-8-4-27(18-50-39)20-56-12-10-26(11-13-56)21-58-29-5-6-30(58)23-57(22-29)37-17-32-31(16-33(37)47)44(63)60(45(32)64)36-7-9-40(61)54-43(36)62/h4,8,14-19,24,26,29-30,36H,5-7,9-13,20-23H2,1-3H3,(H,54,61,62)(H,50,51,53,55). The number of hydrogen-bond acceptors (Lipinski definition) is 12. The Kier molecular flexibility index (Phi) is 10.7. The largest absolute Gasteiger partial charge is 0.366 e. The maximum atomic E-state index is 15.7. The second kappa shape index (κ2) is 16.4. The lowest BCUT2D eigenvalue weighted by atomic mass is 9.94. The molecule has 64 heavy (non-hydrogen) atoms. The van der Waals surface area contributed by atoms with E-state index in [1.165, 1.54) is 12.1 Å². The molecule has 10 rings (SSSR count). The van der Waals surface area contributed by atoms with Gasteiger partial charge >= 0.3 is 0 Å². The summed E-state index contributed by atoms with van der Waals surface area (Å²) in [7, 11) is 0. The molecular formula is C46H48F3N11O4. The summed E-state index contributed by atoms with van der Waals surface area (Å²) in [5.74, 6) is -2.50. The molecule has 5 aliphatic heterocycles. The van der Waals surface area contributed by atoms with E-state index >= 15 is 13.2 Å². The van der Waals surface area contributed by atoms with Gasteiger partial charge in [-0.1, -0.05) is 6.07 Å². The number of aryl methyl sites for hydroxylation is 1. The highest BCUT2D eigenvalue weighted by Crippen LogP contribution is 2.38. The SMILES string of the molecule is Cc1nc2c(F)cc(-c3nc(Nc4ccc(CN5CCC(CN6C7CCC6CN(c6cc8c(cc6F)C(=O)N(C6CCC(=O)NC6=O)C8=O)C7)CC5)cn4)ncc3F)cc2n1C(C)C. The van der Waals surface area contributed by atoms with Gasteiger partial charge in [0.2, 0.25) is 17.8 Å². The molecule has 2 bridgehead atoms. The number of carbonyl (C=O) groups is 4. The number of halogens is 3. The van der Waals surface area contributed by atoms with Crippen molar-refractivity contribution < 1.29 is 32.3 Å². The molecule has 4 amide bonds.